The van der Waals surface area contributed by atoms with E-state index in [2.05, 4.69) is 35.2 Å². The van der Waals surface area contributed by atoms with Crippen LogP contribution in [0.25, 0.3) is 11.3 Å². The van der Waals surface area contributed by atoms with Crippen LogP contribution in [0.5, 0.6) is 5.75 Å². The summed E-state index contributed by atoms with van der Waals surface area (Å²) < 4.78 is 5.26. The third-order valence-electron chi connectivity index (χ3n) is 5.69. The number of ether oxygens (including phenoxy) is 1. The van der Waals surface area contributed by atoms with Gasteiger partial charge in [-0.15, -0.1) is 0 Å². The van der Waals surface area contributed by atoms with Crippen molar-refractivity contribution in [2.45, 2.75) is 31.9 Å². The van der Waals surface area contributed by atoms with Crippen molar-refractivity contribution in [1.82, 2.24) is 9.88 Å². The second-order valence-electron chi connectivity index (χ2n) is 7.73. The highest BCUT2D eigenvalue weighted by atomic mass is 16.5. The summed E-state index contributed by atoms with van der Waals surface area (Å²) in [5.41, 5.74) is 5.51. The van der Waals surface area contributed by atoms with Crippen LogP contribution in [0.15, 0.2) is 66.7 Å². The van der Waals surface area contributed by atoms with Gasteiger partial charge in [-0.3, -0.25) is 9.88 Å². The Bertz CT molecular complexity index is 922. The zero-order valence-corrected chi connectivity index (χ0v) is 16.9. The molecular formula is C25H28N2O2. The minimum absolute atomic E-state index is 0.0693. The first-order valence-corrected chi connectivity index (χ1v) is 10.3. The first-order valence-electron chi connectivity index (χ1n) is 10.3. The van der Waals surface area contributed by atoms with E-state index in [1.165, 1.54) is 24.1 Å². The zero-order chi connectivity index (χ0) is 20.1. The van der Waals surface area contributed by atoms with Gasteiger partial charge in [-0.05, 0) is 54.8 Å². The number of aliphatic hydroxyl groups is 1. The lowest BCUT2D eigenvalue weighted by atomic mass is 9.93. The molecule has 150 valence electrons. The van der Waals surface area contributed by atoms with Gasteiger partial charge >= 0.3 is 0 Å². The standard InChI is InChI=1S/C25H28N2O2/c1-29-23-13-9-19(10-14-23)16-27-15-3-4-22(17-27)25-6-2-5-24(26-25)21-11-7-20(18-28)8-12-21/h2,5-14,22,28H,3-4,15-18H2,1H3. The highest BCUT2D eigenvalue weighted by molar-refractivity contribution is 5.59. The Balaban J connectivity index is 1.46. The SMILES string of the molecule is COc1ccc(CN2CCCC(c3cccc(-c4ccc(CO)cc4)n3)C2)cc1. The van der Waals surface area contributed by atoms with E-state index in [9.17, 15) is 5.11 Å². The molecule has 2 heterocycles. The lowest BCUT2D eigenvalue weighted by molar-refractivity contribution is 0.198. The quantitative estimate of drug-likeness (QED) is 0.669. The Hall–Kier alpha value is -2.69. The van der Waals surface area contributed by atoms with Crippen LogP contribution in [0.2, 0.25) is 0 Å². The Kier molecular flexibility index (Phi) is 6.23. The monoisotopic (exact) mass is 388 g/mol. The van der Waals surface area contributed by atoms with Crippen molar-refractivity contribution in [2.75, 3.05) is 20.2 Å². The van der Waals surface area contributed by atoms with Gasteiger partial charge < -0.3 is 9.84 Å². The maximum atomic E-state index is 9.24. The number of hydrogen-bond donors (Lipinski definition) is 1. The normalized spacial score (nSPS) is 17.2. The predicted molar refractivity (Wildman–Crippen MR) is 116 cm³/mol. The van der Waals surface area contributed by atoms with Crippen LogP contribution >= 0.6 is 0 Å². The van der Waals surface area contributed by atoms with Crippen molar-refractivity contribution in [1.29, 1.82) is 0 Å². The summed E-state index contributed by atoms with van der Waals surface area (Å²) in [5.74, 6) is 1.36. The molecule has 1 N–H and O–H groups in total. The average molecular weight is 389 g/mol. The largest absolute Gasteiger partial charge is 0.497 e. The molecule has 0 aliphatic carbocycles. The van der Waals surface area contributed by atoms with E-state index >= 15 is 0 Å². The highest BCUT2D eigenvalue weighted by Crippen LogP contribution is 2.28. The molecule has 4 rings (SSSR count). The molecule has 4 heteroatoms. The number of pyridine rings is 1. The molecular weight excluding hydrogens is 360 g/mol. The number of nitrogens with zero attached hydrogens (tertiary/aromatic N) is 2. The molecule has 1 aromatic heterocycles. The molecule has 0 amide bonds. The van der Waals surface area contributed by atoms with Crippen molar-refractivity contribution in [3.8, 4) is 17.0 Å². The summed E-state index contributed by atoms with van der Waals surface area (Å²) in [6.07, 6.45) is 2.37. The van der Waals surface area contributed by atoms with Gasteiger partial charge in [-0.1, -0.05) is 42.5 Å². The van der Waals surface area contributed by atoms with E-state index in [0.29, 0.717) is 5.92 Å². The van der Waals surface area contributed by atoms with Crippen LogP contribution in [0.3, 0.4) is 0 Å². The third-order valence-corrected chi connectivity index (χ3v) is 5.69. The van der Waals surface area contributed by atoms with Gasteiger partial charge in [0.1, 0.15) is 5.75 Å². The average Bonchev–Trinajstić information content (AvgIpc) is 2.80. The van der Waals surface area contributed by atoms with E-state index in [1.54, 1.807) is 7.11 Å². The maximum Gasteiger partial charge on any atom is 0.118 e. The zero-order valence-electron chi connectivity index (χ0n) is 16.9. The van der Waals surface area contributed by atoms with E-state index in [-0.39, 0.29) is 6.61 Å². The van der Waals surface area contributed by atoms with Gasteiger partial charge in [0.05, 0.1) is 19.4 Å². The number of aliphatic hydroxyl groups excluding tert-OH is 1. The van der Waals surface area contributed by atoms with Crippen LogP contribution in [-0.2, 0) is 13.2 Å². The van der Waals surface area contributed by atoms with E-state index in [4.69, 9.17) is 9.72 Å². The minimum Gasteiger partial charge on any atom is -0.497 e. The molecule has 3 aromatic rings. The molecule has 4 nitrogen and oxygen atoms in total. The summed E-state index contributed by atoms with van der Waals surface area (Å²) in [6, 6.07) is 22.7. The second-order valence-corrected chi connectivity index (χ2v) is 7.73. The second kappa shape index (κ2) is 9.21. The predicted octanol–water partition coefficient (Wildman–Crippen LogP) is 4.63. The number of benzene rings is 2. The molecule has 0 spiro atoms. The highest BCUT2D eigenvalue weighted by Gasteiger charge is 2.22. The number of rotatable bonds is 6. The number of methoxy groups -OCH3 is 1. The first kappa shape index (κ1) is 19.6. The molecule has 1 fully saturated rings. The summed E-state index contributed by atoms with van der Waals surface area (Å²) in [6.45, 7) is 3.19. The van der Waals surface area contributed by atoms with Crippen LogP contribution in [0.1, 0.15) is 35.6 Å². The molecule has 0 bridgehead atoms. The Labute approximate surface area is 172 Å². The molecule has 0 radical (unpaired) electrons. The maximum absolute atomic E-state index is 9.24. The summed E-state index contributed by atoms with van der Waals surface area (Å²) >= 11 is 0. The molecule has 29 heavy (non-hydrogen) atoms. The van der Waals surface area contributed by atoms with Gasteiger partial charge in [0, 0.05) is 30.3 Å². The molecule has 1 aliphatic rings. The van der Waals surface area contributed by atoms with Crippen molar-refractivity contribution in [2.24, 2.45) is 0 Å². The fourth-order valence-electron chi connectivity index (χ4n) is 4.05. The van der Waals surface area contributed by atoms with E-state index < -0.39 is 0 Å². The van der Waals surface area contributed by atoms with Gasteiger partial charge in [-0.25, -0.2) is 0 Å². The molecule has 1 atom stereocenters. The fourth-order valence-corrected chi connectivity index (χ4v) is 4.05. The first-order chi connectivity index (χ1) is 14.2. The molecule has 1 aliphatic heterocycles. The van der Waals surface area contributed by atoms with Gasteiger partial charge in [-0.2, -0.15) is 0 Å². The van der Waals surface area contributed by atoms with Crippen LogP contribution in [0.4, 0.5) is 0 Å². The third kappa shape index (κ3) is 4.84. The molecule has 1 unspecified atom stereocenters. The van der Waals surface area contributed by atoms with Crippen LogP contribution < -0.4 is 4.74 Å². The van der Waals surface area contributed by atoms with Gasteiger partial charge in [0.15, 0.2) is 0 Å². The van der Waals surface area contributed by atoms with Crippen molar-refractivity contribution < 1.29 is 9.84 Å². The van der Waals surface area contributed by atoms with Gasteiger partial charge in [0.2, 0.25) is 0 Å². The molecule has 0 saturated carbocycles. The Morgan fingerprint density at radius 3 is 2.48 bits per heavy atom. The minimum atomic E-state index is 0.0693. The van der Waals surface area contributed by atoms with Gasteiger partial charge in [0.25, 0.3) is 0 Å². The summed E-state index contributed by atoms with van der Waals surface area (Å²) in [5, 5.41) is 9.24. The molecule has 2 aromatic carbocycles. The smallest absolute Gasteiger partial charge is 0.118 e. The van der Waals surface area contributed by atoms with Crippen LogP contribution in [-0.4, -0.2) is 35.2 Å². The summed E-state index contributed by atoms with van der Waals surface area (Å²) in [7, 11) is 1.70. The fraction of sp³-hybridized carbons (Fsp3) is 0.320. The number of likely N-dealkylation sites (tertiary alicyclic amines) is 1. The number of piperidine rings is 1. The Morgan fingerprint density at radius 2 is 1.76 bits per heavy atom. The van der Waals surface area contributed by atoms with E-state index in [1.807, 2.05) is 36.4 Å². The van der Waals surface area contributed by atoms with Crippen molar-refractivity contribution in [3.05, 3.63) is 83.6 Å². The lowest BCUT2D eigenvalue weighted by Gasteiger charge is -2.32. The van der Waals surface area contributed by atoms with Crippen molar-refractivity contribution in [3.63, 3.8) is 0 Å². The summed E-state index contributed by atoms with van der Waals surface area (Å²) in [4.78, 5) is 7.51. The lowest BCUT2D eigenvalue weighted by Crippen LogP contribution is -2.34. The van der Waals surface area contributed by atoms with E-state index in [0.717, 1.165) is 42.2 Å². The number of aromatic nitrogens is 1. The van der Waals surface area contributed by atoms with Crippen molar-refractivity contribution >= 4 is 0 Å². The Morgan fingerprint density at radius 1 is 1.00 bits per heavy atom. The molecule has 1 saturated heterocycles. The van der Waals surface area contributed by atoms with Crippen LogP contribution in [0, 0.1) is 0 Å². The topological polar surface area (TPSA) is 45.6 Å². The number of hydrogen-bond acceptors (Lipinski definition) is 4.